The summed E-state index contributed by atoms with van der Waals surface area (Å²) in [4.78, 5) is 18.6. The summed E-state index contributed by atoms with van der Waals surface area (Å²) < 4.78 is 26.4. The van der Waals surface area contributed by atoms with Gasteiger partial charge in [-0.1, -0.05) is 18.2 Å². The van der Waals surface area contributed by atoms with Gasteiger partial charge >= 0.3 is 0 Å². The normalized spacial score (nSPS) is 15.4. The summed E-state index contributed by atoms with van der Waals surface area (Å²) in [6.07, 6.45) is 1.09. The molecule has 0 aliphatic carbocycles. The van der Waals surface area contributed by atoms with E-state index in [1.807, 2.05) is 53.9 Å². The number of anilines is 1. The molecule has 34 heavy (non-hydrogen) atoms. The van der Waals surface area contributed by atoms with Crippen molar-refractivity contribution in [3.63, 3.8) is 0 Å². The average Bonchev–Trinajstić information content (AvgIpc) is 3.41. The molecule has 0 bridgehead atoms. The van der Waals surface area contributed by atoms with Crippen molar-refractivity contribution in [3.05, 3.63) is 71.6 Å². The van der Waals surface area contributed by atoms with E-state index < -0.39 is 15.1 Å². The fourth-order valence-corrected chi connectivity index (χ4v) is 7.03. The van der Waals surface area contributed by atoms with Gasteiger partial charge in [0.2, 0.25) is 0 Å². The van der Waals surface area contributed by atoms with Crippen LogP contribution in [0, 0.1) is 0 Å². The number of benzene rings is 2. The van der Waals surface area contributed by atoms with Gasteiger partial charge in [0.05, 0.1) is 16.7 Å². The van der Waals surface area contributed by atoms with Crippen molar-refractivity contribution in [2.24, 2.45) is 0 Å². The molecule has 0 atom stereocenters. The molecular weight excluding hydrogens is 464 g/mol. The van der Waals surface area contributed by atoms with E-state index in [1.165, 1.54) is 0 Å². The number of nitrogens with zero attached hydrogens (tertiary/aromatic N) is 2. The van der Waals surface area contributed by atoms with E-state index in [0.29, 0.717) is 42.9 Å². The molecule has 0 spiro atoms. The Morgan fingerprint density at radius 2 is 1.62 bits per heavy atom. The van der Waals surface area contributed by atoms with Crippen LogP contribution in [0.5, 0.6) is 0 Å². The smallest absolute Gasteiger partial charge is 0.181 e. The van der Waals surface area contributed by atoms with Gasteiger partial charge in [-0.2, -0.15) is 0 Å². The lowest BCUT2D eigenvalue weighted by atomic mass is 10.1. The molecule has 5 nitrogen and oxygen atoms in total. The van der Waals surface area contributed by atoms with Gasteiger partial charge in [-0.25, -0.2) is 8.42 Å². The standard InChI is InChI=1S/C27H32N2O3S2/c1-3-29(4-2)23-11-7-21(8-12-23)26(30)20-28-17-15-25(16-18-28)34(31,32)24-13-9-22(10-14-24)27-6-5-19-33-27/h5-14,19,25H,3-4,15-18,20H2,1-2H3. The van der Waals surface area contributed by atoms with Crippen molar-refractivity contribution < 1.29 is 13.2 Å². The molecule has 0 N–H and O–H groups in total. The van der Waals surface area contributed by atoms with Crippen molar-refractivity contribution in [3.8, 4) is 10.4 Å². The van der Waals surface area contributed by atoms with Gasteiger partial charge in [-0.15, -0.1) is 11.3 Å². The average molecular weight is 497 g/mol. The molecule has 1 aliphatic rings. The van der Waals surface area contributed by atoms with Crippen LogP contribution in [0.2, 0.25) is 0 Å². The van der Waals surface area contributed by atoms with Crippen molar-refractivity contribution in [2.75, 3.05) is 37.6 Å². The molecule has 4 rings (SSSR count). The highest BCUT2D eigenvalue weighted by atomic mass is 32.2. The van der Waals surface area contributed by atoms with Crippen molar-refractivity contribution in [1.82, 2.24) is 4.90 Å². The Labute approximate surface area is 207 Å². The van der Waals surface area contributed by atoms with Gasteiger partial charge in [-0.3, -0.25) is 9.69 Å². The first kappa shape index (κ1) is 24.6. The quantitative estimate of drug-likeness (QED) is 0.372. The van der Waals surface area contributed by atoms with Crippen LogP contribution in [-0.2, 0) is 9.84 Å². The maximum atomic E-state index is 13.2. The Morgan fingerprint density at radius 1 is 0.971 bits per heavy atom. The minimum atomic E-state index is -3.38. The fourth-order valence-electron chi connectivity index (χ4n) is 4.56. The topological polar surface area (TPSA) is 57.7 Å². The Morgan fingerprint density at radius 3 is 2.18 bits per heavy atom. The van der Waals surface area contributed by atoms with Gasteiger partial charge in [0, 0.05) is 29.2 Å². The second-order valence-electron chi connectivity index (χ2n) is 8.66. The van der Waals surface area contributed by atoms with Crippen molar-refractivity contribution in [1.29, 1.82) is 0 Å². The van der Waals surface area contributed by atoms with Crippen molar-refractivity contribution >= 4 is 32.6 Å². The highest BCUT2D eigenvalue weighted by Crippen LogP contribution is 2.29. The maximum Gasteiger partial charge on any atom is 0.181 e. The number of carbonyl (C=O) groups excluding carboxylic acids is 1. The summed E-state index contributed by atoms with van der Waals surface area (Å²) in [6.45, 7) is 7.65. The van der Waals surface area contributed by atoms with Crippen LogP contribution in [0.1, 0.15) is 37.0 Å². The molecule has 0 saturated carbocycles. The Hall–Kier alpha value is -2.48. The fraction of sp³-hybridized carbons (Fsp3) is 0.370. The SMILES string of the molecule is CCN(CC)c1ccc(C(=O)CN2CCC(S(=O)(=O)c3ccc(-c4cccs4)cc3)CC2)cc1. The van der Waals surface area contributed by atoms with E-state index in [2.05, 4.69) is 23.6 Å². The Bertz CT molecular complexity index is 1180. The highest BCUT2D eigenvalue weighted by Gasteiger charge is 2.32. The van der Waals surface area contributed by atoms with Crippen molar-refractivity contribution in [2.45, 2.75) is 36.8 Å². The third kappa shape index (κ3) is 5.43. The van der Waals surface area contributed by atoms with Gasteiger partial charge in [0.15, 0.2) is 15.6 Å². The molecule has 1 aromatic heterocycles. The van der Waals surface area contributed by atoms with E-state index in [4.69, 9.17) is 0 Å². The molecule has 7 heteroatoms. The van der Waals surface area contributed by atoms with Gasteiger partial charge in [0.25, 0.3) is 0 Å². The largest absolute Gasteiger partial charge is 0.372 e. The lowest BCUT2D eigenvalue weighted by Crippen LogP contribution is -2.41. The molecule has 1 saturated heterocycles. The predicted molar refractivity (Wildman–Crippen MR) is 141 cm³/mol. The predicted octanol–water partition coefficient (Wildman–Crippen LogP) is 5.38. The second kappa shape index (κ2) is 10.8. The molecule has 1 fully saturated rings. The van der Waals surface area contributed by atoms with E-state index in [-0.39, 0.29) is 5.78 Å². The zero-order chi connectivity index (χ0) is 24.1. The number of likely N-dealkylation sites (tertiary alicyclic amines) is 1. The van der Waals surface area contributed by atoms with Crippen LogP contribution in [0.4, 0.5) is 5.69 Å². The Balaban J connectivity index is 1.33. The summed E-state index contributed by atoms with van der Waals surface area (Å²) >= 11 is 1.64. The molecule has 0 radical (unpaired) electrons. The van der Waals surface area contributed by atoms with E-state index in [9.17, 15) is 13.2 Å². The van der Waals surface area contributed by atoms with Crippen LogP contribution >= 0.6 is 11.3 Å². The summed E-state index contributed by atoms with van der Waals surface area (Å²) in [6, 6.07) is 19.0. The third-order valence-electron chi connectivity index (χ3n) is 6.65. The molecule has 2 heterocycles. The lowest BCUT2D eigenvalue weighted by Gasteiger charge is -2.31. The van der Waals surface area contributed by atoms with Crippen LogP contribution in [0.15, 0.2) is 70.9 Å². The van der Waals surface area contributed by atoms with E-state index in [0.717, 1.165) is 29.2 Å². The molecule has 1 aliphatic heterocycles. The third-order valence-corrected chi connectivity index (χ3v) is 9.84. The number of thiophene rings is 1. The van der Waals surface area contributed by atoms with Gasteiger partial charge < -0.3 is 4.90 Å². The Kier molecular flexibility index (Phi) is 7.86. The second-order valence-corrected chi connectivity index (χ2v) is 11.8. The number of carbonyl (C=O) groups is 1. The number of rotatable bonds is 9. The molecule has 2 aromatic carbocycles. The number of ketones is 1. The molecule has 0 amide bonds. The first-order chi connectivity index (χ1) is 16.4. The first-order valence-electron chi connectivity index (χ1n) is 11.9. The summed E-state index contributed by atoms with van der Waals surface area (Å²) in [5.41, 5.74) is 2.86. The molecule has 0 unspecified atom stereocenters. The summed E-state index contributed by atoms with van der Waals surface area (Å²) in [5, 5.41) is 1.61. The lowest BCUT2D eigenvalue weighted by molar-refractivity contribution is 0.0916. The minimum absolute atomic E-state index is 0.0802. The zero-order valence-electron chi connectivity index (χ0n) is 19.8. The van der Waals surface area contributed by atoms with E-state index >= 15 is 0 Å². The number of hydrogen-bond donors (Lipinski definition) is 0. The monoisotopic (exact) mass is 496 g/mol. The zero-order valence-corrected chi connectivity index (χ0v) is 21.4. The van der Waals surface area contributed by atoms with Gasteiger partial charge in [0.1, 0.15) is 0 Å². The maximum absolute atomic E-state index is 13.2. The first-order valence-corrected chi connectivity index (χ1v) is 14.3. The highest BCUT2D eigenvalue weighted by molar-refractivity contribution is 7.92. The number of piperidine rings is 1. The van der Waals surface area contributed by atoms with Crippen LogP contribution in [0.3, 0.4) is 0 Å². The van der Waals surface area contributed by atoms with E-state index in [1.54, 1.807) is 23.5 Å². The number of Topliss-reactive ketones (excluding diaryl/α,β-unsaturated/α-hetero) is 1. The summed E-state index contributed by atoms with van der Waals surface area (Å²) in [7, 11) is -3.38. The number of sulfone groups is 1. The molecule has 180 valence electrons. The van der Waals surface area contributed by atoms with Crippen LogP contribution in [0.25, 0.3) is 10.4 Å². The molecular formula is C27H32N2O3S2. The van der Waals surface area contributed by atoms with Crippen LogP contribution in [-0.4, -0.2) is 57.1 Å². The van der Waals surface area contributed by atoms with Crippen LogP contribution < -0.4 is 4.90 Å². The van der Waals surface area contributed by atoms with Gasteiger partial charge in [-0.05, 0) is 93.2 Å². The summed E-state index contributed by atoms with van der Waals surface area (Å²) in [5.74, 6) is 0.0802. The minimum Gasteiger partial charge on any atom is -0.372 e. The molecule has 3 aromatic rings. The number of hydrogen-bond acceptors (Lipinski definition) is 6.